The highest BCUT2D eigenvalue weighted by Gasteiger charge is 2.14. The van der Waals surface area contributed by atoms with Crippen molar-refractivity contribution in [1.29, 1.82) is 0 Å². The van der Waals surface area contributed by atoms with E-state index in [-0.39, 0.29) is 6.04 Å². The van der Waals surface area contributed by atoms with Crippen molar-refractivity contribution in [1.82, 2.24) is 5.16 Å². The van der Waals surface area contributed by atoms with Crippen molar-refractivity contribution in [3.63, 3.8) is 0 Å². The molecule has 0 saturated carbocycles. The van der Waals surface area contributed by atoms with Gasteiger partial charge < -0.3 is 10.3 Å². The highest BCUT2D eigenvalue weighted by Crippen LogP contribution is 2.31. The maximum Gasteiger partial charge on any atom is 0.172 e. The lowest BCUT2D eigenvalue weighted by Gasteiger charge is -2.04. The van der Waals surface area contributed by atoms with Gasteiger partial charge >= 0.3 is 0 Å². The number of hydrogen-bond donors (Lipinski definition) is 1. The first-order valence-electron chi connectivity index (χ1n) is 5.96. The second-order valence-electron chi connectivity index (χ2n) is 4.41. The Morgan fingerprint density at radius 3 is 2.56 bits per heavy atom. The number of nitrogens with zero attached hydrogens (tertiary/aromatic N) is 1. The van der Waals surface area contributed by atoms with Gasteiger partial charge in [-0.3, -0.25) is 0 Å². The van der Waals surface area contributed by atoms with Gasteiger partial charge in [0.2, 0.25) is 0 Å². The Bertz CT molecular complexity index is 671. The summed E-state index contributed by atoms with van der Waals surface area (Å²) in [7, 11) is 0. The zero-order valence-electron chi connectivity index (χ0n) is 10.1. The number of aromatic nitrogens is 1. The summed E-state index contributed by atoms with van der Waals surface area (Å²) in [5.41, 5.74) is 9.63. The zero-order valence-corrected chi connectivity index (χ0v) is 10.1. The largest absolute Gasteiger partial charge is 0.355 e. The molecule has 0 radical (unpaired) electrons. The molecule has 0 aliphatic heterocycles. The number of fused-ring (bicyclic) bond motifs is 1. The maximum absolute atomic E-state index is 5.94. The molecule has 3 rings (SSSR count). The fraction of sp³-hybridized carbons (Fsp3) is 0.133. The van der Waals surface area contributed by atoms with Gasteiger partial charge in [0, 0.05) is 17.2 Å². The number of nitrogens with two attached hydrogens (primary N) is 1. The average molecular weight is 238 g/mol. The number of hydrogen-bond acceptors (Lipinski definition) is 3. The first kappa shape index (κ1) is 11.0. The molecule has 18 heavy (non-hydrogen) atoms. The van der Waals surface area contributed by atoms with Gasteiger partial charge in [-0.25, -0.2) is 0 Å². The fourth-order valence-electron chi connectivity index (χ4n) is 2.15. The van der Waals surface area contributed by atoms with E-state index in [0.29, 0.717) is 0 Å². The molecule has 90 valence electrons. The molecular formula is C15H14N2O. The molecule has 0 amide bonds. The summed E-state index contributed by atoms with van der Waals surface area (Å²) in [5.74, 6) is 0. The van der Waals surface area contributed by atoms with Crippen LogP contribution in [0.25, 0.3) is 22.2 Å². The molecule has 2 aromatic carbocycles. The molecule has 0 fully saturated rings. The zero-order chi connectivity index (χ0) is 12.5. The first-order valence-corrected chi connectivity index (χ1v) is 5.96. The Balaban J connectivity index is 2.25. The minimum atomic E-state index is -0.0646. The number of para-hydroxylation sites is 1. The standard InChI is InChI=1S/C15H14N2O/c1-10(16)12-8-5-9-13-14(17-18-15(12)13)11-6-3-2-4-7-11/h2-10H,16H2,1H3. The summed E-state index contributed by atoms with van der Waals surface area (Å²) in [6.07, 6.45) is 0. The molecule has 0 bridgehead atoms. The van der Waals surface area contributed by atoms with Crippen LogP contribution in [-0.4, -0.2) is 5.16 Å². The van der Waals surface area contributed by atoms with Gasteiger partial charge in [0.05, 0.1) is 5.39 Å². The van der Waals surface area contributed by atoms with Gasteiger partial charge in [-0.15, -0.1) is 0 Å². The Hall–Kier alpha value is -2.13. The van der Waals surface area contributed by atoms with Crippen LogP contribution in [0.1, 0.15) is 18.5 Å². The number of rotatable bonds is 2. The van der Waals surface area contributed by atoms with Gasteiger partial charge in [-0.05, 0) is 13.0 Å². The second kappa shape index (κ2) is 4.27. The summed E-state index contributed by atoms with van der Waals surface area (Å²) < 4.78 is 5.47. The summed E-state index contributed by atoms with van der Waals surface area (Å²) in [4.78, 5) is 0. The van der Waals surface area contributed by atoms with Crippen molar-refractivity contribution >= 4 is 11.0 Å². The minimum Gasteiger partial charge on any atom is -0.355 e. The van der Waals surface area contributed by atoms with Crippen LogP contribution in [0.15, 0.2) is 53.1 Å². The molecule has 1 atom stereocenters. The van der Waals surface area contributed by atoms with E-state index in [4.69, 9.17) is 10.3 Å². The molecule has 0 aliphatic rings. The maximum atomic E-state index is 5.94. The molecule has 3 aromatic rings. The van der Waals surface area contributed by atoms with Crippen molar-refractivity contribution in [2.75, 3.05) is 0 Å². The van der Waals surface area contributed by atoms with E-state index in [1.54, 1.807) is 0 Å². The summed E-state index contributed by atoms with van der Waals surface area (Å²) in [6, 6.07) is 15.9. The second-order valence-corrected chi connectivity index (χ2v) is 4.41. The highest BCUT2D eigenvalue weighted by molar-refractivity contribution is 5.93. The van der Waals surface area contributed by atoms with E-state index in [0.717, 1.165) is 27.8 Å². The molecule has 3 heteroatoms. The fourth-order valence-corrected chi connectivity index (χ4v) is 2.15. The average Bonchev–Trinajstić information content (AvgIpc) is 2.83. The lowest BCUT2D eigenvalue weighted by Crippen LogP contribution is -2.04. The van der Waals surface area contributed by atoms with Crippen LogP contribution in [-0.2, 0) is 0 Å². The molecule has 0 spiro atoms. The van der Waals surface area contributed by atoms with Crippen molar-refractivity contribution < 1.29 is 4.52 Å². The lowest BCUT2D eigenvalue weighted by atomic mass is 10.0. The van der Waals surface area contributed by atoms with Crippen LogP contribution in [0.2, 0.25) is 0 Å². The third kappa shape index (κ3) is 1.69. The molecule has 1 aromatic heterocycles. The Labute approximate surface area is 105 Å². The van der Waals surface area contributed by atoms with Gasteiger partial charge in [0.1, 0.15) is 5.69 Å². The third-order valence-corrected chi connectivity index (χ3v) is 3.07. The smallest absolute Gasteiger partial charge is 0.172 e. The van der Waals surface area contributed by atoms with Crippen molar-refractivity contribution in [3.05, 3.63) is 54.1 Å². The van der Waals surface area contributed by atoms with E-state index in [2.05, 4.69) is 5.16 Å². The molecule has 2 N–H and O–H groups in total. The van der Waals surface area contributed by atoms with Crippen LogP contribution in [0.5, 0.6) is 0 Å². The molecule has 1 heterocycles. The van der Waals surface area contributed by atoms with Crippen LogP contribution in [0, 0.1) is 0 Å². The highest BCUT2D eigenvalue weighted by atomic mass is 16.5. The SMILES string of the molecule is CC(N)c1cccc2c(-c3ccccc3)noc12. The Morgan fingerprint density at radius 2 is 1.83 bits per heavy atom. The van der Waals surface area contributed by atoms with Crippen LogP contribution >= 0.6 is 0 Å². The molecule has 0 saturated heterocycles. The van der Waals surface area contributed by atoms with E-state index in [1.165, 1.54) is 0 Å². The summed E-state index contributed by atoms with van der Waals surface area (Å²) in [5, 5.41) is 5.19. The summed E-state index contributed by atoms with van der Waals surface area (Å²) in [6.45, 7) is 1.94. The Morgan fingerprint density at radius 1 is 1.06 bits per heavy atom. The van der Waals surface area contributed by atoms with Crippen LogP contribution < -0.4 is 5.73 Å². The van der Waals surface area contributed by atoms with Crippen LogP contribution in [0.3, 0.4) is 0 Å². The minimum absolute atomic E-state index is 0.0646. The van der Waals surface area contributed by atoms with Gasteiger partial charge in [-0.1, -0.05) is 47.6 Å². The normalized spacial score (nSPS) is 12.8. The van der Waals surface area contributed by atoms with Crippen molar-refractivity contribution in [2.24, 2.45) is 5.73 Å². The first-order chi connectivity index (χ1) is 8.77. The monoisotopic (exact) mass is 238 g/mol. The molecular weight excluding hydrogens is 224 g/mol. The van der Waals surface area contributed by atoms with Crippen molar-refractivity contribution in [2.45, 2.75) is 13.0 Å². The topological polar surface area (TPSA) is 52.0 Å². The molecule has 1 unspecified atom stereocenters. The van der Waals surface area contributed by atoms with E-state index in [9.17, 15) is 0 Å². The number of benzene rings is 2. The Kier molecular flexibility index (Phi) is 2.61. The lowest BCUT2D eigenvalue weighted by molar-refractivity contribution is 0.455. The quantitative estimate of drug-likeness (QED) is 0.743. The van der Waals surface area contributed by atoms with Gasteiger partial charge in [-0.2, -0.15) is 0 Å². The predicted octanol–water partition coefficient (Wildman–Crippen LogP) is 3.51. The predicted molar refractivity (Wildman–Crippen MR) is 72.0 cm³/mol. The molecule has 3 nitrogen and oxygen atoms in total. The third-order valence-electron chi connectivity index (χ3n) is 3.07. The van der Waals surface area contributed by atoms with Gasteiger partial charge in [0.15, 0.2) is 5.58 Å². The van der Waals surface area contributed by atoms with E-state index in [1.807, 2.05) is 55.5 Å². The van der Waals surface area contributed by atoms with E-state index < -0.39 is 0 Å². The van der Waals surface area contributed by atoms with Gasteiger partial charge in [0.25, 0.3) is 0 Å². The van der Waals surface area contributed by atoms with Crippen LogP contribution in [0.4, 0.5) is 0 Å². The van der Waals surface area contributed by atoms with E-state index >= 15 is 0 Å². The molecule has 0 aliphatic carbocycles. The summed E-state index contributed by atoms with van der Waals surface area (Å²) >= 11 is 0. The van der Waals surface area contributed by atoms with Crippen molar-refractivity contribution in [3.8, 4) is 11.3 Å².